The van der Waals surface area contributed by atoms with Gasteiger partial charge in [-0.05, 0) is 44.2 Å². The average molecular weight is 516 g/mol. The molecule has 37 heavy (non-hydrogen) atoms. The molecule has 0 saturated carbocycles. The SMILES string of the molecule is Cc1ncc(NC(=O)c2cccc(C(F)(F)F)c2)cc1-c1cnc(O[C@H](C)CN)c(N2CCOCC2)c1. The van der Waals surface area contributed by atoms with Crippen molar-refractivity contribution >= 4 is 17.3 Å². The number of hydrogen-bond donors (Lipinski definition) is 2. The van der Waals surface area contributed by atoms with Crippen LogP contribution >= 0.6 is 0 Å². The van der Waals surface area contributed by atoms with E-state index in [2.05, 4.69) is 20.2 Å². The second-order valence-electron chi connectivity index (χ2n) is 8.70. The molecule has 2 aromatic heterocycles. The molecule has 0 unspecified atom stereocenters. The van der Waals surface area contributed by atoms with E-state index in [1.54, 1.807) is 12.3 Å². The summed E-state index contributed by atoms with van der Waals surface area (Å²) in [7, 11) is 0. The number of alkyl halides is 3. The van der Waals surface area contributed by atoms with Crippen molar-refractivity contribution in [1.29, 1.82) is 0 Å². The Morgan fingerprint density at radius 3 is 2.65 bits per heavy atom. The number of benzene rings is 1. The van der Waals surface area contributed by atoms with Crippen LogP contribution < -0.4 is 20.7 Å². The molecule has 1 atom stereocenters. The van der Waals surface area contributed by atoms with Crippen molar-refractivity contribution in [1.82, 2.24) is 9.97 Å². The highest BCUT2D eigenvalue weighted by Crippen LogP contribution is 2.34. The zero-order valence-electron chi connectivity index (χ0n) is 20.5. The van der Waals surface area contributed by atoms with Gasteiger partial charge in [-0.3, -0.25) is 9.78 Å². The summed E-state index contributed by atoms with van der Waals surface area (Å²) in [6, 6.07) is 7.92. The molecule has 0 spiro atoms. The molecule has 0 radical (unpaired) electrons. The fourth-order valence-electron chi connectivity index (χ4n) is 3.88. The zero-order chi connectivity index (χ0) is 26.6. The first-order valence-electron chi connectivity index (χ1n) is 11.8. The minimum absolute atomic E-state index is 0.108. The quantitative estimate of drug-likeness (QED) is 0.484. The van der Waals surface area contributed by atoms with Gasteiger partial charge in [-0.25, -0.2) is 4.98 Å². The number of nitrogens with zero attached hydrogens (tertiary/aromatic N) is 3. The maximum absolute atomic E-state index is 13.1. The summed E-state index contributed by atoms with van der Waals surface area (Å²) < 4.78 is 50.6. The van der Waals surface area contributed by atoms with Crippen molar-refractivity contribution in [2.75, 3.05) is 43.1 Å². The van der Waals surface area contributed by atoms with Crippen LogP contribution in [0.15, 0.2) is 48.8 Å². The highest BCUT2D eigenvalue weighted by Gasteiger charge is 2.31. The van der Waals surface area contributed by atoms with Gasteiger partial charge >= 0.3 is 6.18 Å². The summed E-state index contributed by atoms with van der Waals surface area (Å²) in [5.74, 6) is -0.211. The van der Waals surface area contributed by atoms with E-state index in [0.29, 0.717) is 55.7 Å². The fourth-order valence-corrected chi connectivity index (χ4v) is 3.88. The standard InChI is InChI=1S/C26H28F3N5O3/c1-16(13-30)37-25-23(34-6-8-36-9-7-34)11-19(14-32-25)22-12-21(15-31-17(22)2)33-24(35)18-4-3-5-20(10-18)26(27,28)29/h3-5,10-12,14-16H,6-9,13,30H2,1-2H3,(H,33,35)/t16-/m1/s1. The highest BCUT2D eigenvalue weighted by atomic mass is 19.4. The molecule has 11 heteroatoms. The largest absolute Gasteiger partial charge is 0.472 e. The van der Waals surface area contributed by atoms with Crippen molar-refractivity contribution in [3.05, 3.63) is 65.6 Å². The second kappa shape index (κ2) is 11.1. The number of aryl methyl sites for hydroxylation is 1. The van der Waals surface area contributed by atoms with E-state index in [1.807, 2.05) is 19.9 Å². The van der Waals surface area contributed by atoms with Gasteiger partial charge in [0.15, 0.2) is 0 Å². The van der Waals surface area contributed by atoms with E-state index < -0.39 is 17.6 Å². The molecule has 3 heterocycles. The Hall–Kier alpha value is -3.70. The van der Waals surface area contributed by atoms with Gasteiger partial charge in [0.05, 0.1) is 30.7 Å². The molecule has 0 bridgehead atoms. The first-order chi connectivity index (χ1) is 17.7. The minimum atomic E-state index is -4.54. The first-order valence-corrected chi connectivity index (χ1v) is 11.8. The highest BCUT2D eigenvalue weighted by molar-refractivity contribution is 6.04. The third kappa shape index (κ3) is 6.36. The molecule has 1 aromatic carbocycles. The number of pyridine rings is 2. The van der Waals surface area contributed by atoms with Crippen molar-refractivity contribution in [3.8, 4) is 17.0 Å². The number of hydrogen-bond acceptors (Lipinski definition) is 7. The minimum Gasteiger partial charge on any atom is -0.472 e. The van der Waals surface area contributed by atoms with Gasteiger partial charge in [0, 0.05) is 48.2 Å². The van der Waals surface area contributed by atoms with Crippen LogP contribution in [0, 0.1) is 6.92 Å². The number of carbonyl (C=O) groups excluding carboxylic acids is 1. The van der Waals surface area contributed by atoms with Crippen LogP contribution in [0.4, 0.5) is 24.5 Å². The number of anilines is 2. The van der Waals surface area contributed by atoms with Gasteiger partial charge < -0.3 is 25.4 Å². The topological polar surface area (TPSA) is 103 Å². The summed E-state index contributed by atoms with van der Waals surface area (Å²) in [6.45, 7) is 6.52. The monoisotopic (exact) mass is 515 g/mol. The molecule has 3 N–H and O–H groups in total. The van der Waals surface area contributed by atoms with Crippen LogP contribution in [0.1, 0.15) is 28.5 Å². The third-order valence-corrected chi connectivity index (χ3v) is 5.94. The number of amides is 1. The predicted octanol–water partition coefficient (Wildman–Crippen LogP) is 4.29. The molecule has 8 nitrogen and oxygen atoms in total. The number of carbonyl (C=O) groups is 1. The summed E-state index contributed by atoms with van der Waals surface area (Å²) in [4.78, 5) is 23.8. The molecular formula is C26H28F3N5O3. The van der Waals surface area contributed by atoms with E-state index in [1.165, 1.54) is 18.3 Å². The zero-order valence-corrected chi connectivity index (χ0v) is 20.5. The molecule has 1 aliphatic heterocycles. The van der Waals surface area contributed by atoms with Crippen LogP contribution in [0.2, 0.25) is 0 Å². The number of halogens is 3. The second-order valence-corrected chi connectivity index (χ2v) is 8.70. The van der Waals surface area contributed by atoms with Gasteiger partial charge in [0.25, 0.3) is 5.91 Å². The first kappa shape index (κ1) is 26.4. The Morgan fingerprint density at radius 2 is 1.95 bits per heavy atom. The Morgan fingerprint density at radius 1 is 1.19 bits per heavy atom. The molecule has 4 rings (SSSR count). The third-order valence-electron chi connectivity index (χ3n) is 5.94. The molecule has 0 aliphatic carbocycles. The van der Waals surface area contributed by atoms with Gasteiger partial charge in [-0.15, -0.1) is 0 Å². The van der Waals surface area contributed by atoms with E-state index in [0.717, 1.165) is 23.4 Å². The van der Waals surface area contributed by atoms with E-state index in [-0.39, 0.29) is 11.7 Å². The molecule has 1 amide bonds. The average Bonchev–Trinajstić information content (AvgIpc) is 2.90. The number of nitrogens with two attached hydrogens (primary N) is 1. The summed E-state index contributed by atoms with van der Waals surface area (Å²) in [5, 5.41) is 2.64. The lowest BCUT2D eigenvalue weighted by molar-refractivity contribution is -0.137. The molecule has 1 fully saturated rings. The lowest BCUT2D eigenvalue weighted by Crippen LogP contribution is -2.37. The van der Waals surface area contributed by atoms with Gasteiger partial charge in [-0.2, -0.15) is 13.2 Å². The van der Waals surface area contributed by atoms with Crippen molar-refractivity contribution in [2.24, 2.45) is 5.73 Å². The van der Waals surface area contributed by atoms with Crippen molar-refractivity contribution in [3.63, 3.8) is 0 Å². The Labute approximate surface area is 212 Å². The van der Waals surface area contributed by atoms with E-state index in [4.69, 9.17) is 15.2 Å². The Kier molecular flexibility index (Phi) is 7.94. The van der Waals surface area contributed by atoms with Crippen LogP contribution in [0.25, 0.3) is 11.1 Å². The van der Waals surface area contributed by atoms with E-state index >= 15 is 0 Å². The van der Waals surface area contributed by atoms with Gasteiger partial charge in [0.2, 0.25) is 5.88 Å². The lowest BCUT2D eigenvalue weighted by atomic mass is 10.0. The number of rotatable bonds is 7. The summed E-state index contributed by atoms with van der Waals surface area (Å²) in [6.07, 6.45) is -1.65. The lowest BCUT2D eigenvalue weighted by Gasteiger charge is -2.30. The maximum Gasteiger partial charge on any atom is 0.416 e. The number of ether oxygens (including phenoxy) is 2. The molecule has 3 aromatic rings. The molecule has 1 saturated heterocycles. The Balaban J connectivity index is 1.64. The van der Waals surface area contributed by atoms with Crippen LogP contribution in [-0.2, 0) is 10.9 Å². The summed E-state index contributed by atoms with van der Waals surface area (Å²) >= 11 is 0. The van der Waals surface area contributed by atoms with Crippen LogP contribution in [0.3, 0.4) is 0 Å². The van der Waals surface area contributed by atoms with Gasteiger partial charge in [0.1, 0.15) is 11.8 Å². The van der Waals surface area contributed by atoms with E-state index in [9.17, 15) is 18.0 Å². The number of nitrogens with one attached hydrogen (secondary N) is 1. The maximum atomic E-state index is 13.1. The molecule has 1 aliphatic rings. The Bertz CT molecular complexity index is 1260. The normalized spacial score (nSPS) is 14.8. The smallest absolute Gasteiger partial charge is 0.416 e. The van der Waals surface area contributed by atoms with Crippen LogP contribution in [0.5, 0.6) is 5.88 Å². The molecule has 196 valence electrons. The number of aromatic nitrogens is 2. The fraction of sp³-hybridized carbons (Fsp3) is 0.346. The van der Waals surface area contributed by atoms with Crippen LogP contribution in [-0.4, -0.2) is 54.8 Å². The predicted molar refractivity (Wildman–Crippen MR) is 134 cm³/mol. The van der Waals surface area contributed by atoms with Gasteiger partial charge in [-0.1, -0.05) is 6.07 Å². The molecular weight excluding hydrogens is 487 g/mol. The number of morpholine rings is 1. The van der Waals surface area contributed by atoms with Crippen molar-refractivity contribution in [2.45, 2.75) is 26.1 Å². The summed E-state index contributed by atoms with van der Waals surface area (Å²) in [5.41, 5.74) is 8.01. The van der Waals surface area contributed by atoms with Crippen molar-refractivity contribution < 1.29 is 27.4 Å².